The number of hydrogen-bond donors (Lipinski definition) is 2. The van der Waals surface area contributed by atoms with Crippen LogP contribution in [0.3, 0.4) is 0 Å². The van der Waals surface area contributed by atoms with E-state index in [9.17, 15) is 9.59 Å². The minimum absolute atomic E-state index is 0.379. The molecule has 1 rings (SSSR count). The zero-order chi connectivity index (χ0) is 14.6. The van der Waals surface area contributed by atoms with Crippen LogP contribution in [0.5, 0.6) is 5.75 Å². The number of nitrogens with zero attached hydrogens (tertiary/aromatic N) is 1. The standard InChI is InChI=1S/C12H15ClN2O4/c1-7(11(16)17)15(2)12(18)14-9-6-8(13)4-5-10(9)19-3/h4-7H,1-3H3,(H,14,18)(H,16,17). The van der Waals surface area contributed by atoms with E-state index in [2.05, 4.69) is 5.32 Å². The van der Waals surface area contributed by atoms with Gasteiger partial charge in [0.05, 0.1) is 12.8 Å². The maximum Gasteiger partial charge on any atom is 0.326 e. The molecule has 0 aliphatic carbocycles. The van der Waals surface area contributed by atoms with Crippen LogP contribution in [0, 0.1) is 0 Å². The average molecular weight is 287 g/mol. The third-order valence-corrected chi connectivity index (χ3v) is 2.90. The summed E-state index contributed by atoms with van der Waals surface area (Å²) in [6, 6.07) is 3.26. The van der Waals surface area contributed by atoms with Gasteiger partial charge >= 0.3 is 12.0 Å². The molecule has 0 radical (unpaired) electrons. The lowest BCUT2D eigenvalue weighted by Gasteiger charge is -2.22. The molecular weight excluding hydrogens is 272 g/mol. The number of rotatable bonds is 4. The van der Waals surface area contributed by atoms with Gasteiger partial charge in [0, 0.05) is 12.1 Å². The summed E-state index contributed by atoms with van der Waals surface area (Å²) in [5.74, 6) is -0.648. The zero-order valence-electron chi connectivity index (χ0n) is 10.8. The van der Waals surface area contributed by atoms with E-state index < -0.39 is 18.0 Å². The number of anilines is 1. The number of urea groups is 1. The Kier molecular flexibility index (Phi) is 5.00. The van der Waals surface area contributed by atoms with Crippen LogP contribution < -0.4 is 10.1 Å². The molecule has 0 aliphatic heterocycles. The lowest BCUT2D eigenvalue weighted by Crippen LogP contribution is -2.42. The molecule has 0 spiro atoms. The molecule has 7 heteroatoms. The van der Waals surface area contributed by atoms with Crippen molar-refractivity contribution in [2.24, 2.45) is 0 Å². The number of methoxy groups -OCH3 is 1. The highest BCUT2D eigenvalue weighted by Crippen LogP contribution is 2.27. The quantitative estimate of drug-likeness (QED) is 0.890. The van der Waals surface area contributed by atoms with Crippen molar-refractivity contribution in [1.29, 1.82) is 0 Å². The molecular formula is C12H15ClN2O4. The minimum atomic E-state index is -1.09. The summed E-state index contributed by atoms with van der Waals surface area (Å²) in [6.07, 6.45) is 0. The van der Waals surface area contributed by atoms with Crippen molar-refractivity contribution in [3.8, 4) is 5.75 Å². The van der Waals surface area contributed by atoms with Crippen molar-refractivity contribution in [1.82, 2.24) is 4.90 Å². The summed E-state index contributed by atoms with van der Waals surface area (Å²) in [5, 5.41) is 11.8. The fraction of sp³-hybridized carbons (Fsp3) is 0.333. The molecule has 0 bridgehead atoms. The van der Waals surface area contributed by atoms with E-state index in [-0.39, 0.29) is 0 Å². The van der Waals surface area contributed by atoms with Crippen LogP contribution >= 0.6 is 11.6 Å². The second-order valence-corrected chi connectivity index (χ2v) is 4.34. The minimum Gasteiger partial charge on any atom is -0.495 e. The summed E-state index contributed by atoms with van der Waals surface area (Å²) in [5.41, 5.74) is 0.379. The summed E-state index contributed by atoms with van der Waals surface area (Å²) >= 11 is 5.84. The first-order valence-corrected chi connectivity index (χ1v) is 5.84. The number of nitrogens with one attached hydrogen (secondary N) is 1. The van der Waals surface area contributed by atoms with Gasteiger partial charge < -0.3 is 20.1 Å². The lowest BCUT2D eigenvalue weighted by atomic mass is 10.3. The van der Waals surface area contributed by atoms with E-state index in [4.69, 9.17) is 21.4 Å². The van der Waals surface area contributed by atoms with Gasteiger partial charge in [0.25, 0.3) is 0 Å². The largest absolute Gasteiger partial charge is 0.495 e. The molecule has 2 amide bonds. The van der Waals surface area contributed by atoms with Crippen molar-refractivity contribution in [2.45, 2.75) is 13.0 Å². The monoisotopic (exact) mass is 286 g/mol. The molecule has 1 atom stereocenters. The molecule has 6 nitrogen and oxygen atoms in total. The Morgan fingerprint density at radius 3 is 2.63 bits per heavy atom. The van der Waals surface area contributed by atoms with E-state index in [1.54, 1.807) is 12.1 Å². The molecule has 0 fully saturated rings. The van der Waals surface area contributed by atoms with E-state index in [0.29, 0.717) is 16.5 Å². The number of likely N-dealkylation sites (N-methyl/N-ethyl adjacent to an activating group) is 1. The molecule has 0 aliphatic rings. The molecule has 0 heterocycles. The van der Waals surface area contributed by atoms with Gasteiger partial charge in [0.1, 0.15) is 11.8 Å². The van der Waals surface area contributed by atoms with E-state index in [1.165, 1.54) is 27.1 Å². The highest BCUT2D eigenvalue weighted by molar-refractivity contribution is 6.31. The summed E-state index contributed by atoms with van der Waals surface area (Å²) < 4.78 is 5.08. The number of benzene rings is 1. The van der Waals surface area contributed by atoms with Gasteiger partial charge in [-0.2, -0.15) is 0 Å². The second-order valence-electron chi connectivity index (χ2n) is 3.90. The molecule has 104 valence electrons. The number of amides is 2. The highest BCUT2D eigenvalue weighted by atomic mass is 35.5. The number of hydrogen-bond acceptors (Lipinski definition) is 3. The maximum absolute atomic E-state index is 11.9. The SMILES string of the molecule is COc1ccc(Cl)cc1NC(=O)N(C)C(C)C(=O)O. The first-order chi connectivity index (χ1) is 8.86. The molecule has 2 N–H and O–H groups in total. The molecule has 0 saturated carbocycles. The van der Waals surface area contributed by atoms with Gasteiger partial charge in [-0.05, 0) is 25.1 Å². The lowest BCUT2D eigenvalue weighted by molar-refractivity contribution is -0.141. The predicted octanol–water partition coefficient (Wildman–Crippen LogP) is 2.29. The Hall–Kier alpha value is -1.95. The van der Waals surface area contributed by atoms with Crippen molar-refractivity contribution in [3.05, 3.63) is 23.2 Å². The van der Waals surface area contributed by atoms with Crippen molar-refractivity contribution >= 4 is 29.3 Å². The highest BCUT2D eigenvalue weighted by Gasteiger charge is 2.22. The Morgan fingerprint density at radius 1 is 1.47 bits per heavy atom. The van der Waals surface area contributed by atoms with Crippen LogP contribution in [0.2, 0.25) is 5.02 Å². The van der Waals surface area contributed by atoms with Crippen LogP contribution in [0.4, 0.5) is 10.5 Å². The van der Waals surface area contributed by atoms with Gasteiger partial charge in [-0.3, -0.25) is 0 Å². The number of carboxylic acid groups (broad SMARTS) is 1. The fourth-order valence-corrected chi connectivity index (χ4v) is 1.49. The normalized spacial score (nSPS) is 11.6. The third-order valence-electron chi connectivity index (χ3n) is 2.66. The topological polar surface area (TPSA) is 78.9 Å². The second kappa shape index (κ2) is 6.29. The van der Waals surface area contributed by atoms with Crippen LogP contribution in [0.1, 0.15) is 6.92 Å². The Morgan fingerprint density at radius 2 is 2.11 bits per heavy atom. The average Bonchev–Trinajstić information content (AvgIpc) is 2.37. The zero-order valence-corrected chi connectivity index (χ0v) is 11.6. The number of carbonyl (C=O) groups excluding carboxylic acids is 1. The predicted molar refractivity (Wildman–Crippen MR) is 71.9 cm³/mol. The first kappa shape index (κ1) is 15.1. The summed E-state index contributed by atoms with van der Waals surface area (Å²) in [7, 11) is 2.85. The third kappa shape index (κ3) is 3.75. The van der Waals surface area contributed by atoms with E-state index >= 15 is 0 Å². The molecule has 1 aromatic rings. The van der Waals surface area contributed by atoms with E-state index in [1.807, 2.05) is 0 Å². The van der Waals surface area contributed by atoms with Crippen LogP contribution in [-0.4, -0.2) is 42.2 Å². The van der Waals surface area contributed by atoms with Crippen molar-refractivity contribution in [3.63, 3.8) is 0 Å². The smallest absolute Gasteiger partial charge is 0.326 e. The molecule has 1 aromatic carbocycles. The van der Waals surface area contributed by atoms with Crippen molar-refractivity contribution in [2.75, 3.05) is 19.5 Å². The molecule has 0 saturated heterocycles. The Bertz CT molecular complexity index is 493. The summed E-state index contributed by atoms with van der Waals surface area (Å²) in [4.78, 5) is 23.8. The molecule has 19 heavy (non-hydrogen) atoms. The van der Waals surface area contributed by atoms with Crippen LogP contribution in [-0.2, 0) is 4.79 Å². The van der Waals surface area contributed by atoms with Gasteiger partial charge in [-0.1, -0.05) is 11.6 Å². The Labute approximate surface area is 115 Å². The molecule has 0 aromatic heterocycles. The number of aliphatic carboxylic acids is 1. The summed E-state index contributed by atoms with van der Waals surface area (Å²) in [6.45, 7) is 1.41. The van der Waals surface area contributed by atoms with Gasteiger partial charge in [0.15, 0.2) is 0 Å². The van der Waals surface area contributed by atoms with Gasteiger partial charge in [-0.25, -0.2) is 9.59 Å². The fourth-order valence-electron chi connectivity index (χ4n) is 1.32. The van der Waals surface area contributed by atoms with Gasteiger partial charge in [0.2, 0.25) is 0 Å². The number of carboxylic acids is 1. The van der Waals surface area contributed by atoms with Crippen LogP contribution in [0.25, 0.3) is 0 Å². The maximum atomic E-state index is 11.9. The molecule has 1 unspecified atom stereocenters. The van der Waals surface area contributed by atoms with Crippen molar-refractivity contribution < 1.29 is 19.4 Å². The van der Waals surface area contributed by atoms with E-state index in [0.717, 1.165) is 4.90 Å². The Balaban J connectivity index is 2.87. The number of halogens is 1. The van der Waals surface area contributed by atoms with Crippen LogP contribution in [0.15, 0.2) is 18.2 Å². The first-order valence-electron chi connectivity index (χ1n) is 5.47. The number of carbonyl (C=O) groups is 2. The number of ether oxygens (including phenoxy) is 1. The van der Waals surface area contributed by atoms with Gasteiger partial charge in [-0.15, -0.1) is 0 Å².